The number of pyridine rings is 1. The maximum Gasteiger partial charge on any atom is 0.409 e. The summed E-state index contributed by atoms with van der Waals surface area (Å²) in [5.41, 5.74) is 8.89. The molecule has 0 saturated carbocycles. The maximum absolute atomic E-state index is 10.7. The molecule has 0 atom stereocenters. The van der Waals surface area contributed by atoms with Gasteiger partial charge in [0.25, 0.3) is 0 Å². The Hall–Kier alpha value is -2.62. The number of carbonyl (C=O) groups excluding carboxylic acids is 1. The first-order valence-electron chi connectivity index (χ1n) is 5.77. The molecule has 0 radical (unpaired) electrons. The molecule has 1 amide bonds. The van der Waals surface area contributed by atoms with Gasteiger partial charge >= 0.3 is 6.09 Å². The molecule has 0 bridgehead atoms. The van der Waals surface area contributed by atoms with Crippen molar-refractivity contribution in [2.75, 3.05) is 0 Å². The van der Waals surface area contributed by atoms with E-state index in [0.29, 0.717) is 5.75 Å². The summed E-state index contributed by atoms with van der Waals surface area (Å²) in [7, 11) is 0. The van der Waals surface area contributed by atoms with Crippen molar-refractivity contribution in [2.24, 2.45) is 5.73 Å². The summed E-state index contributed by atoms with van der Waals surface area (Å²) in [6, 6.07) is 9.04. The number of aromatic nitrogens is 1. The quantitative estimate of drug-likeness (QED) is 0.914. The van der Waals surface area contributed by atoms with Crippen molar-refractivity contribution in [2.45, 2.75) is 6.92 Å². The van der Waals surface area contributed by atoms with Gasteiger partial charge in [-0.15, -0.1) is 0 Å². The zero-order chi connectivity index (χ0) is 13.8. The standard InChI is InChI=1S/C15H14N2O2/c1-3-13-14(10(2)8-9-17-13)11-4-6-12(7-5-11)19-15(16)18/h3-9H,1H2,2H3,(H2,16,18). The number of benzene rings is 1. The van der Waals surface area contributed by atoms with E-state index in [1.807, 2.05) is 25.1 Å². The van der Waals surface area contributed by atoms with Gasteiger partial charge in [0.1, 0.15) is 5.75 Å². The first-order chi connectivity index (χ1) is 9.11. The number of nitrogens with zero attached hydrogens (tertiary/aromatic N) is 1. The molecule has 2 aromatic rings. The molecular weight excluding hydrogens is 240 g/mol. The lowest BCUT2D eigenvalue weighted by Gasteiger charge is -2.10. The van der Waals surface area contributed by atoms with Crippen molar-refractivity contribution in [1.29, 1.82) is 0 Å². The van der Waals surface area contributed by atoms with Crippen LogP contribution in [-0.4, -0.2) is 11.1 Å². The van der Waals surface area contributed by atoms with Gasteiger partial charge in [-0.05, 0) is 42.3 Å². The minimum Gasteiger partial charge on any atom is -0.411 e. The Kier molecular flexibility index (Phi) is 3.61. The van der Waals surface area contributed by atoms with Crippen LogP contribution < -0.4 is 10.5 Å². The molecule has 2 rings (SSSR count). The van der Waals surface area contributed by atoms with E-state index >= 15 is 0 Å². The lowest BCUT2D eigenvalue weighted by atomic mass is 9.99. The fourth-order valence-electron chi connectivity index (χ4n) is 1.92. The van der Waals surface area contributed by atoms with E-state index in [9.17, 15) is 4.79 Å². The molecule has 0 spiro atoms. The Labute approximate surface area is 111 Å². The predicted octanol–water partition coefficient (Wildman–Crippen LogP) is 3.16. The van der Waals surface area contributed by atoms with Crippen LogP contribution in [-0.2, 0) is 0 Å². The van der Waals surface area contributed by atoms with Crippen molar-refractivity contribution in [3.63, 3.8) is 0 Å². The monoisotopic (exact) mass is 254 g/mol. The second-order valence-electron chi connectivity index (χ2n) is 4.04. The largest absolute Gasteiger partial charge is 0.411 e. The highest BCUT2D eigenvalue weighted by Crippen LogP contribution is 2.28. The van der Waals surface area contributed by atoms with Crippen molar-refractivity contribution < 1.29 is 9.53 Å². The highest BCUT2D eigenvalue weighted by Gasteiger charge is 2.08. The molecule has 0 fully saturated rings. The number of primary amides is 1. The summed E-state index contributed by atoms with van der Waals surface area (Å²) in [5, 5.41) is 0. The average molecular weight is 254 g/mol. The van der Waals surface area contributed by atoms with E-state index in [1.54, 1.807) is 24.4 Å². The molecule has 1 aromatic carbocycles. The van der Waals surface area contributed by atoms with Crippen molar-refractivity contribution in [3.05, 3.63) is 54.4 Å². The molecule has 2 N–H and O–H groups in total. The number of aryl methyl sites for hydroxylation is 1. The van der Waals surface area contributed by atoms with Crippen LogP contribution in [0.15, 0.2) is 43.1 Å². The van der Waals surface area contributed by atoms with Crippen LogP contribution in [0.4, 0.5) is 4.79 Å². The number of carbonyl (C=O) groups is 1. The molecule has 4 heteroatoms. The normalized spacial score (nSPS) is 9.95. The van der Waals surface area contributed by atoms with Gasteiger partial charge in [-0.25, -0.2) is 4.79 Å². The average Bonchev–Trinajstić information content (AvgIpc) is 2.39. The smallest absolute Gasteiger partial charge is 0.409 e. The van der Waals surface area contributed by atoms with Gasteiger partial charge in [0.05, 0.1) is 5.69 Å². The molecule has 0 unspecified atom stereocenters. The van der Waals surface area contributed by atoms with E-state index < -0.39 is 6.09 Å². The van der Waals surface area contributed by atoms with Gasteiger partial charge in [-0.3, -0.25) is 4.98 Å². The highest BCUT2D eigenvalue weighted by molar-refractivity contribution is 5.76. The fourth-order valence-corrected chi connectivity index (χ4v) is 1.92. The van der Waals surface area contributed by atoms with Crippen LogP contribution in [0.5, 0.6) is 5.75 Å². The number of hydrogen-bond donors (Lipinski definition) is 1. The molecule has 1 heterocycles. The first kappa shape index (κ1) is 12.8. The Balaban J connectivity index is 2.42. The van der Waals surface area contributed by atoms with Crippen LogP contribution in [0.25, 0.3) is 17.2 Å². The molecule has 4 nitrogen and oxygen atoms in total. The third kappa shape index (κ3) is 2.80. The van der Waals surface area contributed by atoms with E-state index in [0.717, 1.165) is 22.4 Å². The zero-order valence-electron chi connectivity index (χ0n) is 10.6. The number of amides is 1. The van der Waals surface area contributed by atoms with E-state index in [1.165, 1.54) is 0 Å². The molecule has 19 heavy (non-hydrogen) atoms. The molecule has 0 saturated heterocycles. The number of rotatable bonds is 3. The maximum atomic E-state index is 10.7. The van der Waals surface area contributed by atoms with E-state index in [2.05, 4.69) is 11.6 Å². The topological polar surface area (TPSA) is 65.2 Å². The third-order valence-electron chi connectivity index (χ3n) is 2.74. The van der Waals surface area contributed by atoms with Crippen LogP contribution >= 0.6 is 0 Å². The Morgan fingerprint density at radius 1 is 1.32 bits per heavy atom. The van der Waals surface area contributed by atoms with Gasteiger partial charge in [0.2, 0.25) is 0 Å². The van der Waals surface area contributed by atoms with Crippen LogP contribution in [0.2, 0.25) is 0 Å². The summed E-state index contributed by atoms with van der Waals surface area (Å²) in [6.07, 6.45) is 2.65. The van der Waals surface area contributed by atoms with Crippen molar-refractivity contribution >= 4 is 12.2 Å². The first-order valence-corrected chi connectivity index (χ1v) is 5.77. The van der Waals surface area contributed by atoms with Crippen molar-refractivity contribution in [1.82, 2.24) is 4.98 Å². The predicted molar refractivity (Wildman–Crippen MR) is 74.7 cm³/mol. The molecular formula is C15H14N2O2. The minimum atomic E-state index is -0.822. The molecule has 0 aliphatic carbocycles. The second-order valence-corrected chi connectivity index (χ2v) is 4.04. The summed E-state index contributed by atoms with van der Waals surface area (Å²) in [6.45, 7) is 5.78. The van der Waals surface area contributed by atoms with E-state index in [4.69, 9.17) is 10.5 Å². The van der Waals surface area contributed by atoms with E-state index in [-0.39, 0.29) is 0 Å². The second kappa shape index (κ2) is 5.35. The summed E-state index contributed by atoms with van der Waals surface area (Å²) in [4.78, 5) is 14.9. The lowest BCUT2D eigenvalue weighted by molar-refractivity contribution is 0.211. The number of ether oxygens (including phenoxy) is 1. The summed E-state index contributed by atoms with van der Waals surface area (Å²) in [5.74, 6) is 0.415. The Morgan fingerprint density at radius 3 is 2.58 bits per heavy atom. The van der Waals surface area contributed by atoms with Gasteiger partial charge in [0, 0.05) is 11.8 Å². The van der Waals surface area contributed by atoms with Gasteiger partial charge in [-0.2, -0.15) is 0 Å². The Bertz CT molecular complexity index is 619. The molecule has 1 aromatic heterocycles. The van der Waals surface area contributed by atoms with Crippen LogP contribution in [0.3, 0.4) is 0 Å². The summed E-state index contributed by atoms with van der Waals surface area (Å²) < 4.78 is 4.79. The zero-order valence-corrected chi connectivity index (χ0v) is 10.6. The summed E-state index contributed by atoms with van der Waals surface area (Å²) >= 11 is 0. The lowest BCUT2D eigenvalue weighted by Crippen LogP contribution is -2.16. The van der Waals surface area contributed by atoms with Gasteiger partial charge in [0.15, 0.2) is 0 Å². The van der Waals surface area contributed by atoms with Gasteiger partial charge < -0.3 is 10.5 Å². The number of nitrogens with two attached hydrogens (primary N) is 1. The minimum absolute atomic E-state index is 0.415. The molecule has 96 valence electrons. The van der Waals surface area contributed by atoms with Gasteiger partial charge in [-0.1, -0.05) is 18.7 Å². The molecule has 0 aliphatic heterocycles. The van der Waals surface area contributed by atoms with Crippen LogP contribution in [0.1, 0.15) is 11.3 Å². The third-order valence-corrected chi connectivity index (χ3v) is 2.74. The van der Waals surface area contributed by atoms with Crippen molar-refractivity contribution in [3.8, 4) is 16.9 Å². The molecule has 0 aliphatic rings. The highest BCUT2D eigenvalue weighted by atomic mass is 16.5. The fraction of sp³-hybridized carbons (Fsp3) is 0.0667. The Morgan fingerprint density at radius 2 is 2.00 bits per heavy atom. The SMILES string of the molecule is C=Cc1nccc(C)c1-c1ccc(OC(N)=O)cc1. The van der Waals surface area contributed by atoms with Crippen LogP contribution in [0, 0.1) is 6.92 Å². The number of hydrogen-bond acceptors (Lipinski definition) is 3.